The van der Waals surface area contributed by atoms with Crippen molar-refractivity contribution in [1.29, 1.82) is 0 Å². The van der Waals surface area contributed by atoms with Crippen LogP contribution in [0.5, 0.6) is 11.5 Å². The van der Waals surface area contributed by atoms with Gasteiger partial charge in [-0.05, 0) is 55.0 Å². The number of aromatic nitrogens is 1. The Hall–Kier alpha value is -2.70. The van der Waals surface area contributed by atoms with E-state index < -0.39 is 5.82 Å². The molecule has 1 aromatic carbocycles. The number of nitrogens with one attached hydrogen (secondary N) is 1. The van der Waals surface area contributed by atoms with Crippen LogP contribution in [0.25, 0.3) is 6.08 Å². The minimum atomic E-state index is -0.525. The average Bonchev–Trinajstić information content (AvgIpc) is 3.09. The predicted octanol–water partition coefficient (Wildman–Crippen LogP) is 5.62. The third-order valence-corrected chi connectivity index (χ3v) is 5.04. The summed E-state index contributed by atoms with van der Waals surface area (Å²) in [6.07, 6.45) is 6.01. The van der Waals surface area contributed by atoms with Crippen LogP contribution in [0.2, 0.25) is 4.34 Å². The number of amides is 1. The van der Waals surface area contributed by atoms with E-state index in [9.17, 15) is 9.18 Å². The number of carbonyl (C=O) groups excluding carboxylic acids is 1. The molecule has 1 atom stereocenters. The van der Waals surface area contributed by atoms with Crippen LogP contribution in [-0.2, 0) is 4.79 Å². The Morgan fingerprint density at radius 3 is 2.85 bits per heavy atom. The van der Waals surface area contributed by atoms with E-state index in [1.165, 1.54) is 35.7 Å². The van der Waals surface area contributed by atoms with E-state index in [-0.39, 0.29) is 17.7 Å². The van der Waals surface area contributed by atoms with Gasteiger partial charge in [0.2, 0.25) is 5.91 Å². The second-order valence-corrected chi connectivity index (χ2v) is 7.43. The van der Waals surface area contributed by atoms with E-state index in [1.54, 1.807) is 36.5 Å². The lowest BCUT2D eigenvalue weighted by atomic mass is 10.2. The first-order valence-corrected chi connectivity index (χ1v) is 9.32. The Bertz CT molecular complexity index is 960. The van der Waals surface area contributed by atoms with Crippen molar-refractivity contribution in [3.8, 4) is 11.5 Å². The van der Waals surface area contributed by atoms with Gasteiger partial charge in [-0.1, -0.05) is 17.7 Å². The normalized spacial score (nSPS) is 12.1. The summed E-state index contributed by atoms with van der Waals surface area (Å²) < 4.78 is 20.3. The number of nitrogens with zero attached hydrogens (tertiary/aromatic N) is 1. The van der Waals surface area contributed by atoms with Gasteiger partial charge in [0.05, 0.1) is 16.6 Å². The molecule has 0 spiro atoms. The van der Waals surface area contributed by atoms with Gasteiger partial charge in [-0.15, -0.1) is 11.3 Å². The summed E-state index contributed by atoms with van der Waals surface area (Å²) in [6.45, 7) is 1.87. The average molecular weight is 403 g/mol. The number of ether oxygens (including phenoxy) is 1. The Morgan fingerprint density at radius 2 is 2.19 bits per heavy atom. The van der Waals surface area contributed by atoms with Crippen LogP contribution >= 0.6 is 22.9 Å². The lowest BCUT2D eigenvalue weighted by molar-refractivity contribution is -0.117. The third kappa shape index (κ3) is 5.39. The molecule has 27 heavy (non-hydrogen) atoms. The molecule has 1 amide bonds. The number of halogens is 2. The number of carbonyl (C=O) groups is 1. The van der Waals surface area contributed by atoms with Crippen LogP contribution in [0.3, 0.4) is 0 Å². The highest BCUT2D eigenvalue weighted by atomic mass is 35.5. The number of rotatable bonds is 6. The number of hydrogen-bond acceptors (Lipinski definition) is 4. The van der Waals surface area contributed by atoms with Crippen molar-refractivity contribution < 1.29 is 13.9 Å². The summed E-state index contributed by atoms with van der Waals surface area (Å²) in [5.74, 6) is -0.263. The molecular formula is C20H16ClFN2O2S. The predicted molar refractivity (Wildman–Crippen MR) is 106 cm³/mol. The fourth-order valence-electron chi connectivity index (χ4n) is 2.30. The van der Waals surface area contributed by atoms with E-state index in [1.807, 2.05) is 13.0 Å². The molecule has 3 aromatic rings. The molecule has 0 saturated heterocycles. The maximum absolute atomic E-state index is 14.2. The van der Waals surface area contributed by atoms with Crippen molar-refractivity contribution in [3.05, 3.63) is 81.5 Å². The molecule has 2 heterocycles. The second-order valence-electron chi connectivity index (χ2n) is 5.69. The van der Waals surface area contributed by atoms with Crippen molar-refractivity contribution in [2.24, 2.45) is 0 Å². The first-order valence-electron chi connectivity index (χ1n) is 8.12. The minimum Gasteiger partial charge on any atom is -0.453 e. The Labute approximate surface area is 165 Å². The summed E-state index contributed by atoms with van der Waals surface area (Å²) in [4.78, 5) is 16.9. The zero-order chi connectivity index (χ0) is 19.2. The van der Waals surface area contributed by atoms with Crippen molar-refractivity contribution in [1.82, 2.24) is 10.3 Å². The van der Waals surface area contributed by atoms with E-state index in [4.69, 9.17) is 16.3 Å². The molecule has 0 aliphatic heterocycles. The van der Waals surface area contributed by atoms with Gasteiger partial charge in [-0.2, -0.15) is 0 Å². The van der Waals surface area contributed by atoms with Crippen molar-refractivity contribution in [2.45, 2.75) is 13.0 Å². The van der Waals surface area contributed by atoms with Crippen molar-refractivity contribution in [2.75, 3.05) is 0 Å². The zero-order valence-corrected chi connectivity index (χ0v) is 15.9. The first-order chi connectivity index (χ1) is 13.0. The maximum atomic E-state index is 14.2. The molecule has 0 aliphatic rings. The first kappa shape index (κ1) is 19.1. The lowest BCUT2D eigenvalue weighted by Gasteiger charge is -2.10. The van der Waals surface area contributed by atoms with E-state index in [0.717, 1.165) is 4.88 Å². The molecule has 2 aromatic heterocycles. The molecule has 1 N–H and O–H groups in total. The molecule has 0 bridgehead atoms. The van der Waals surface area contributed by atoms with Crippen LogP contribution < -0.4 is 10.1 Å². The van der Waals surface area contributed by atoms with Gasteiger partial charge in [0.15, 0.2) is 11.6 Å². The largest absolute Gasteiger partial charge is 0.453 e. The molecule has 138 valence electrons. The fourth-order valence-corrected chi connectivity index (χ4v) is 3.37. The number of benzene rings is 1. The van der Waals surface area contributed by atoms with Crippen LogP contribution in [0.4, 0.5) is 4.39 Å². The van der Waals surface area contributed by atoms with Gasteiger partial charge >= 0.3 is 0 Å². The molecule has 0 radical (unpaired) electrons. The minimum absolute atomic E-state index is 0.0906. The Balaban J connectivity index is 1.61. The SMILES string of the molecule is CC(NC(=O)/C=C/c1ccc(Oc2cccnc2)c(F)c1)c1ccc(Cl)s1. The molecule has 3 rings (SSSR count). The van der Waals surface area contributed by atoms with Gasteiger partial charge < -0.3 is 10.1 Å². The van der Waals surface area contributed by atoms with Gasteiger partial charge in [0.25, 0.3) is 0 Å². The van der Waals surface area contributed by atoms with Gasteiger partial charge in [-0.25, -0.2) is 4.39 Å². The molecule has 0 fully saturated rings. The van der Waals surface area contributed by atoms with Gasteiger partial charge in [0.1, 0.15) is 5.75 Å². The van der Waals surface area contributed by atoms with Gasteiger partial charge in [-0.3, -0.25) is 9.78 Å². The highest BCUT2D eigenvalue weighted by Gasteiger charge is 2.10. The van der Waals surface area contributed by atoms with Crippen molar-refractivity contribution >= 4 is 34.9 Å². The molecule has 0 saturated carbocycles. The number of thiophene rings is 1. The highest BCUT2D eigenvalue weighted by molar-refractivity contribution is 7.16. The van der Waals surface area contributed by atoms with Crippen LogP contribution in [0, 0.1) is 5.82 Å². The van der Waals surface area contributed by atoms with Crippen LogP contribution in [0.1, 0.15) is 23.4 Å². The molecular weight excluding hydrogens is 387 g/mol. The molecule has 4 nitrogen and oxygen atoms in total. The summed E-state index contributed by atoms with van der Waals surface area (Å²) in [7, 11) is 0. The molecule has 1 unspecified atom stereocenters. The summed E-state index contributed by atoms with van der Waals surface area (Å²) in [5, 5.41) is 2.84. The van der Waals surface area contributed by atoms with E-state index >= 15 is 0 Å². The summed E-state index contributed by atoms with van der Waals surface area (Å²) >= 11 is 7.32. The fraction of sp³-hybridized carbons (Fsp3) is 0.100. The van der Waals surface area contributed by atoms with Crippen LogP contribution in [-0.4, -0.2) is 10.9 Å². The highest BCUT2D eigenvalue weighted by Crippen LogP contribution is 2.27. The Morgan fingerprint density at radius 1 is 1.33 bits per heavy atom. The van der Waals surface area contributed by atoms with Crippen molar-refractivity contribution in [3.63, 3.8) is 0 Å². The van der Waals surface area contributed by atoms with E-state index in [0.29, 0.717) is 15.6 Å². The van der Waals surface area contributed by atoms with Gasteiger partial charge in [0, 0.05) is 17.2 Å². The summed E-state index contributed by atoms with van der Waals surface area (Å²) in [6, 6.07) is 11.4. The quantitative estimate of drug-likeness (QED) is 0.544. The third-order valence-electron chi connectivity index (χ3n) is 3.62. The smallest absolute Gasteiger partial charge is 0.244 e. The number of pyridine rings is 1. The molecule has 0 aliphatic carbocycles. The second kappa shape index (κ2) is 8.79. The van der Waals surface area contributed by atoms with Crippen LogP contribution in [0.15, 0.2) is 60.9 Å². The standard InChI is InChI=1S/C20H16ClFN2O2S/c1-13(18-7-8-19(21)27-18)24-20(25)9-5-14-4-6-17(16(22)11-14)26-15-3-2-10-23-12-15/h2-13H,1H3,(H,24,25)/b9-5+. The summed E-state index contributed by atoms with van der Waals surface area (Å²) in [5.41, 5.74) is 0.549. The lowest BCUT2D eigenvalue weighted by Crippen LogP contribution is -2.23. The topological polar surface area (TPSA) is 51.2 Å². The zero-order valence-electron chi connectivity index (χ0n) is 14.4. The monoisotopic (exact) mass is 402 g/mol. The van der Waals surface area contributed by atoms with E-state index in [2.05, 4.69) is 10.3 Å². The number of hydrogen-bond donors (Lipinski definition) is 1. The molecule has 7 heteroatoms. The maximum Gasteiger partial charge on any atom is 0.244 e. The Kier molecular flexibility index (Phi) is 6.21.